The Kier molecular flexibility index (Phi) is 9.13. The fourth-order valence-corrected chi connectivity index (χ4v) is 2.21. The maximum atomic E-state index is 13.5. The van der Waals surface area contributed by atoms with Crippen molar-refractivity contribution in [1.29, 1.82) is 0 Å². The molecule has 0 aromatic carbocycles. The molecule has 0 nitrogen and oxygen atoms in total. The first-order valence-corrected chi connectivity index (χ1v) is 8.54. The molecular formula is C14F28. The molecular weight excluding hydrogens is 700 g/mol. The van der Waals surface area contributed by atoms with Gasteiger partial charge in [0.05, 0.1) is 0 Å². The number of halogens is 28. The Morgan fingerprint density at radius 3 is 0.571 bits per heavy atom. The van der Waals surface area contributed by atoms with Crippen molar-refractivity contribution >= 4 is 0 Å². The summed E-state index contributed by atoms with van der Waals surface area (Å²) in [5.41, 5.74) is 0. The molecule has 0 unspecified atom stereocenters. The summed E-state index contributed by atoms with van der Waals surface area (Å²) >= 11 is 0. The zero-order valence-corrected chi connectivity index (χ0v) is 17.6. The van der Waals surface area contributed by atoms with Crippen LogP contribution in [-0.4, -0.2) is 71.3 Å². The van der Waals surface area contributed by atoms with E-state index in [4.69, 9.17) is 0 Å². The van der Waals surface area contributed by atoms with Gasteiger partial charge in [0.1, 0.15) is 0 Å². The summed E-state index contributed by atoms with van der Waals surface area (Å²) in [5.74, 6) is -108. The average molecular weight is 700 g/mol. The molecule has 0 aromatic heterocycles. The van der Waals surface area contributed by atoms with Crippen molar-refractivity contribution in [2.24, 2.45) is 0 Å². The summed E-state index contributed by atoms with van der Waals surface area (Å²) in [6.45, 7) is 0. The molecule has 0 atom stereocenters. The highest BCUT2D eigenvalue weighted by molar-refractivity contribution is 5.22. The number of allylic oxidation sites excluding steroid dienone is 1. The van der Waals surface area contributed by atoms with E-state index >= 15 is 0 Å². The third-order valence-electron chi connectivity index (χ3n) is 4.74. The Hall–Kier alpha value is -2.22. The van der Waals surface area contributed by atoms with Crippen LogP contribution in [-0.2, 0) is 0 Å². The first-order valence-electron chi connectivity index (χ1n) is 8.54. The lowest BCUT2D eigenvalue weighted by Gasteiger charge is -2.45. The van der Waals surface area contributed by atoms with E-state index in [2.05, 4.69) is 0 Å². The lowest BCUT2D eigenvalue weighted by molar-refractivity contribution is -0.481. The van der Waals surface area contributed by atoms with Crippen molar-refractivity contribution in [1.82, 2.24) is 0 Å². The molecule has 0 saturated carbocycles. The topological polar surface area (TPSA) is 0 Å². The maximum absolute atomic E-state index is 13.5. The molecule has 28 heteroatoms. The predicted octanol–water partition coefficient (Wildman–Crippen LogP) is 9.61. The third-order valence-corrected chi connectivity index (χ3v) is 4.74. The van der Waals surface area contributed by atoms with Gasteiger partial charge in [-0.3, -0.25) is 0 Å². The van der Waals surface area contributed by atoms with Crippen molar-refractivity contribution in [3.8, 4) is 0 Å². The molecule has 0 spiro atoms. The molecule has 0 N–H and O–H groups in total. The second kappa shape index (κ2) is 9.64. The van der Waals surface area contributed by atoms with Crippen LogP contribution in [0.1, 0.15) is 0 Å². The zero-order chi connectivity index (χ0) is 35.2. The Bertz CT molecular complexity index is 1030. The molecule has 0 aliphatic rings. The van der Waals surface area contributed by atoms with Gasteiger partial charge in [-0.05, 0) is 0 Å². The lowest BCUT2D eigenvalue weighted by Crippen LogP contribution is -2.78. The Morgan fingerprint density at radius 2 is 0.405 bits per heavy atom. The highest BCUT2D eigenvalue weighted by atomic mass is 19.4. The second-order valence-electron chi connectivity index (χ2n) is 7.39. The predicted molar refractivity (Wildman–Crippen MR) is 70.8 cm³/mol. The molecule has 0 amide bonds. The van der Waals surface area contributed by atoms with Crippen LogP contribution in [0.4, 0.5) is 123 Å². The Morgan fingerprint density at radius 1 is 0.238 bits per heavy atom. The molecule has 0 radical (unpaired) electrons. The smallest absolute Gasteiger partial charge is 0.199 e. The summed E-state index contributed by atoms with van der Waals surface area (Å²) in [7, 11) is 0. The van der Waals surface area contributed by atoms with Crippen LogP contribution in [0.15, 0.2) is 11.9 Å². The zero-order valence-electron chi connectivity index (χ0n) is 17.6. The molecule has 0 bridgehead atoms. The van der Waals surface area contributed by atoms with E-state index in [0.717, 1.165) is 0 Å². The summed E-state index contributed by atoms with van der Waals surface area (Å²) in [6.07, 6.45) is -13.1. The Balaban J connectivity index is 7.45. The van der Waals surface area contributed by atoms with Gasteiger partial charge in [-0.25, -0.2) is 0 Å². The summed E-state index contributed by atoms with van der Waals surface area (Å²) in [6, 6.07) is 0. The molecule has 252 valence electrons. The van der Waals surface area contributed by atoms with Crippen LogP contribution >= 0.6 is 0 Å². The maximum Gasteiger partial charge on any atom is 0.460 e. The first-order chi connectivity index (χ1) is 17.6. The van der Waals surface area contributed by atoms with E-state index in [-0.39, 0.29) is 0 Å². The summed E-state index contributed by atoms with van der Waals surface area (Å²) in [4.78, 5) is 0. The van der Waals surface area contributed by atoms with E-state index in [9.17, 15) is 123 Å². The highest BCUT2D eigenvalue weighted by Crippen LogP contribution is 2.68. The van der Waals surface area contributed by atoms with Gasteiger partial charge in [0.15, 0.2) is 0 Å². The van der Waals surface area contributed by atoms with Gasteiger partial charge in [-0.15, -0.1) is 0 Å². The van der Waals surface area contributed by atoms with Crippen LogP contribution in [0.5, 0.6) is 0 Å². The van der Waals surface area contributed by atoms with Crippen molar-refractivity contribution in [2.45, 2.75) is 71.3 Å². The molecule has 0 aliphatic carbocycles. The van der Waals surface area contributed by atoms with Crippen molar-refractivity contribution < 1.29 is 123 Å². The number of hydrogen-bond acceptors (Lipinski definition) is 0. The van der Waals surface area contributed by atoms with Gasteiger partial charge in [0.2, 0.25) is 5.83 Å². The second-order valence-corrected chi connectivity index (χ2v) is 7.39. The number of hydrogen-bond donors (Lipinski definition) is 0. The fourth-order valence-electron chi connectivity index (χ4n) is 2.21. The minimum absolute atomic E-state index is 4.87. The Labute approximate surface area is 207 Å². The highest BCUT2D eigenvalue weighted by Gasteiger charge is 2.99. The normalized spacial score (nSPS) is 16.6. The molecule has 0 rings (SSSR count). The monoisotopic (exact) mass is 700 g/mol. The summed E-state index contributed by atoms with van der Waals surface area (Å²) < 4.78 is 363. The average Bonchev–Trinajstić information content (AvgIpc) is 2.75. The quantitative estimate of drug-likeness (QED) is 0.189. The van der Waals surface area contributed by atoms with Crippen LogP contribution in [0.3, 0.4) is 0 Å². The van der Waals surface area contributed by atoms with Crippen LogP contribution < -0.4 is 0 Å². The van der Waals surface area contributed by atoms with E-state index in [1.165, 1.54) is 0 Å². The first kappa shape index (κ1) is 39.8. The van der Waals surface area contributed by atoms with Gasteiger partial charge in [-0.1, -0.05) is 0 Å². The van der Waals surface area contributed by atoms with E-state index in [1.807, 2.05) is 0 Å². The van der Waals surface area contributed by atoms with E-state index in [0.29, 0.717) is 0 Å². The minimum Gasteiger partial charge on any atom is -0.199 e. The third kappa shape index (κ3) is 4.48. The fraction of sp³-hybridized carbons (Fsp3) is 0.857. The van der Waals surface area contributed by atoms with Crippen molar-refractivity contribution in [3.63, 3.8) is 0 Å². The van der Waals surface area contributed by atoms with Gasteiger partial charge >= 0.3 is 77.4 Å². The van der Waals surface area contributed by atoms with Crippen LogP contribution in [0.25, 0.3) is 0 Å². The van der Waals surface area contributed by atoms with Crippen LogP contribution in [0, 0.1) is 0 Å². The molecule has 0 aliphatic heterocycles. The number of alkyl halides is 25. The lowest BCUT2D eigenvalue weighted by atomic mass is 9.84. The van der Waals surface area contributed by atoms with Crippen LogP contribution in [0.2, 0.25) is 0 Å². The van der Waals surface area contributed by atoms with Gasteiger partial charge < -0.3 is 0 Å². The van der Waals surface area contributed by atoms with Crippen molar-refractivity contribution in [2.75, 3.05) is 0 Å². The van der Waals surface area contributed by atoms with Crippen molar-refractivity contribution in [3.05, 3.63) is 11.9 Å². The molecule has 0 heterocycles. The number of rotatable bonds is 11. The largest absolute Gasteiger partial charge is 0.460 e. The minimum atomic E-state index is -9.80. The van der Waals surface area contributed by atoms with Gasteiger partial charge in [0, 0.05) is 0 Å². The van der Waals surface area contributed by atoms with Gasteiger partial charge in [-0.2, -0.15) is 123 Å². The van der Waals surface area contributed by atoms with Gasteiger partial charge in [0.25, 0.3) is 0 Å². The summed E-state index contributed by atoms with van der Waals surface area (Å²) in [5, 5.41) is 0. The molecule has 0 saturated heterocycles. The van der Waals surface area contributed by atoms with E-state index in [1.54, 1.807) is 0 Å². The molecule has 0 aromatic rings. The van der Waals surface area contributed by atoms with E-state index < -0.39 is 83.2 Å². The SMILES string of the molecule is FC(F)=C(F)C(F)(F)C(F)(F)C(F)(F)C(F)(F)C(F)(F)C(F)(F)C(F)(F)C(F)(F)C(F)(F)C(F)(F)C(F)(F)C(F)(F)F. The molecule has 0 fully saturated rings. The standard InChI is InChI=1S/C14F28/c15-1(2(16)17)3(18,19)4(20,21)5(22,23)6(24,25)7(26,27)8(28,29)9(30,31)10(32,33)11(34,35)12(36,37)13(38,39)14(40,41)42. The molecule has 42 heavy (non-hydrogen) atoms.